The molecule has 1 unspecified atom stereocenters. The third-order valence-corrected chi connectivity index (χ3v) is 7.43. The van der Waals surface area contributed by atoms with E-state index in [1.54, 1.807) is 28.9 Å². The third-order valence-electron chi connectivity index (χ3n) is 7.43. The molecule has 0 radical (unpaired) electrons. The van der Waals surface area contributed by atoms with Crippen LogP contribution in [0.4, 0.5) is 21.9 Å². The number of hydrogen-bond acceptors (Lipinski definition) is 8. The van der Waals surface area contributed by atoms with Crippen molar-refractivity contribution in [2.45, 2.75) is 44.7 Å². The fourth-order valence-corrected chi connectivity index (χ4v) is 5.44. The summed E-state index contributed by atoms with van der Waals surface area (Å²) in [6.45, 7) is 7.16. The van der Waals surface area contributed by atoms with E-state index in [1.807, 2.05) is 30.1 Å². The molecule has 1 aliphatic carbocycles. The van der Waals surface area contributed by atoms with E-state index in [2.05, 4.69) is 33.3 Å². The number of fused-ring (bicyclic) bond motifs is 1. The maximum Gasteiger partial charge on any atom is 0.419 e. The molecule has 10 heteroatoms. The van der Waals surface area contributed by atoms with Gasteiger partial charge in [-0.05, 0) is 61.7 Å². The number of carbonyl (C=O) groups is 2. The molecule has 1 saturated carbocycles. The highest BCUT2D eigenvalue weighted by atomic mass is 16.6. The Morgan fingerprint density at radius 1 is 1.00 bits per heavy atom. The zero-order valence-electron chi connectivity index (χ0n) is 20.7. The monoisotopic (exact) mass is 491 g/mol. The largest absolute Gasteiger partial charge is 0.419 e. The molecule has 190 valence electrons. The SMILES string of the molecule is CC(=O)N1c2ccc(C3CNN(C4CC4)C3)cc2N(C(=O)Oc2ccc(N3CNCN3)cc2)C[C@@H]1C. The van der Waals surface area contributed by atoms with E-state index in [9.17, 15) is 9.59 Å². The highest BCUT2D eigenvalue weighted by Gasteiger charge is 2.38. The van der Waals surface area contributed by atoms with Gasteiger partial charge in [-0.2, -0.15) is 0 Å². The fraction of sp³-hybridized carbons (Fsp3) is 0.462. The van der Waals surface area contributed by atoms with E-state index in [4.69, 9.17) is 4.74 Å². The summed E-state index contributed by atoms with van der Waals surface area (Å²) in [5, 5.41) is 7.55. The van der Waals surface area contributed by atoms with E-state index in [1.165, 1.54) is 12.8 Å². The Balaban J connectivity index is 1.25. The molecule has 2 amide bonds. The summed E-state index contributed by atoms with van der Waals surface area (Å²) in [5.74, 6) is 0.781. The predicted octanol–water partition coefficient (Wildman–Crippen LogP) is 2.34. The maximum absolute atomic E-state index is 13.4. The van der Waals surface area contributed by atoms with Gasteiger partial charge in [0.25, 0.3) is 0 Å². The van der Waals surface area contributed by atoms with E-state index in [0.29, 0.717) is 30.9 Å². The van der Waals surface area contributed by atoms with Gasteiger partial charge in [0.05, 0.1) is 36.4 Å². The first kappa shape index (κ1) is 23.2. The summed E-state index contributed by atoms with van der Waals surface area (Å²) in [5.41, 5.74) is 10.4. The van der Waals surface area contributed by atoms with E-state index >= 15 is 0 Å². The molecule has 2 atom stereocenters. The van der Waals surface area contributed by atoms with E-state index in [-0.39, 0.29) is 11.9 Å². The highest BCUT2D eigenvalue weighted by Crippen LogP contribution is 2.40. The predicted molar refractivity (Wildman–Crippen MR) is 138 cm³/mol. The molecule has 0 bridgehead atoms. The second-order valence-electron chi connectivity index (χ2n) is 10.1. The standard InChI is InChI=1S/C26H33N7O3/c1-17-13-30(26(35)36-23-8-6-22(7-9-23)32-16-27-15-29-32)25-11-19(3-10-24(25)33(17)18(2)34)20-12-28-31(14-20)21-4-5-21/h3,6-11,17,20-21,27-29H,4-5,12-16H2,1-2H3/t17-,20?/m0/s1. The first-order valence-electron chi connectivity index (χ1n) is 12.7. The van der Waals surface area contributed by atoms with Crippen molar-refractivity contribution in [2.24, 2.45) is 0 Å². The van der Waals surface area contributed by atoms with Gasteiger partial charge in [0.1, 0.15) is 5.75 Å². The van der Waals surface area contributed by atoms with Crippen molar-refractivity contribution in [1.29, 1.82) is 0 Å². The summed E-state index contributed by atoms with van der Waals surface area (Å²) >= 11 is 0. The molecule has 0 spiro atoms. The van der Waals surface area contributed by atoms with Crippen LogP contribution < -0.4 is 35.7 Å². The molecule has 3 N–H and O–H groups in total. The molecule has 3 fully saturated rings. The molecular formula is C26H33N7O3. The normalized spacial score (nSPS) is 24.2. The Labute approximate surface area is 211 Å². The van der Waals surface area contributed by atoms with Gasteiger partial charge in [0.15, 0.2) is 0 Å². The lowest BCUT2D eigenvalue weighted by Crippen LogP contribution is -2.52. The Morgan fingerprint density at radius 2 is 1.81 bits per heavy atom. The van der Waals surface area contributed by atoms with Crippen LogP contribution in [0.25, 0.3) is 0 Å². The molecule has 4 aliphatic rings. The van der Waals surface area contributed by atoms with Crippen LogP contribution in [0, 0.1) is 0 Å². The number of hydrogen-bond donors (Lipinski definition) is 3. The number of carbonyl (C=O) groups excluding carboxylic acids is 2. The molecule has 3 aliphatic heterocycles. The van der Waals surface area contributed by atoms with Crippen LogP contribution in [0.3, 0.4) is 0 Å². The van der Waals surface area contributed by atoms with E-state index < -0.39 is 6.09 Å². The van der Waals surface area contributed by atoms with Gasteiger partial charge in [-0.15, -0.1) is 0 Å². The maximum atomic E-state index is 13.4. The van der Waals surface area contributed by atoms with Gasteiger partial charge in [-0.25, -0.2) is 15.2 Å². The summed E-state index contributed by atoms with van der Waals surface area (Å²) in [4.78, 5) is 29.4. The minimum atomic E-state index is -0.443. The average molecular weight is 492 g/mol. The van der Waals surface area contributed by atoms with E-state index in [0.717, 1.165) is 42.4 Å². The summed E-state index contributed by atoms with van der Waals surface area (Å²) in [6.07, 6.45) is 2.06. The first-order chi connectivity index (χ1) is 17.5. The first-order valence-corrected chi connectivity index (χ1v) is 12.7. The number of rotatable bonds is 4. The molecule has 36 heavy (non-hydrogen) atoms. The van der Waals surface area contributed by atoms with Crippen LogP contribution in [0.2, 0.25) is 0 Å². The molecule has 2 saturated heterocycles. The highest BCUT2D eigenvalue weighted by molar-refractivity contribution is 6.02. The van der Waals surface area contributed by atoms with Crippen molar-refractivity contribution in [3.63, 3.8) is 0 Å². The van der Waals surface area contributed by atoms with Crippen LogP contribution >= 0.6 is 0 Å². The van der Waals surface area contributed by atoms with Crippen LogP contribution in [-0.4, -0.2) is 62.1 Å². The number of hydrazine groups is 2. The molecule has 3 heterocycles. The van der Waals surface area contributed by atoms with Crippen LogP contribution in [0.15, 0.2) is 42.5 Å². The molecule has 0 aromatic heterocycles. The molecule has 6 rings (SSSR count). The number of benzene rings is 2. The van der Waals surface area contributed by atoms with Crippen molar-refractivity contribution in [3.05, 3.63) is 48.0 Å². The lowest BCUT2D eigenvalue weighted by atomic mass is 9.97. The van der Waals surface area contributed by atoms with Gasteiger partial charge < -0.3 is 9.64 Å². The van der Waals surface area contributed by atoms with Crippen molar-refractivity contribution in [1.82, 2.24) is 21.2 Å². The van der Waals surface area contributed by atoms with Gasteiger partial charge in [0, 0.05) is 38.5 Å². The second-order valence-corrected chi connectivity index (χ2v) is 10.1. The lowest BCUT2D eigenvalue weighted by Gasteiger charge is -2.40. The van der Waals surface area contributed by atoms with Crippen molar-refractivity contribution >= 4 is 29.1 Å². The number of ether oxygens (including phenoxy) is 1. The molecule has 10 nitrogen and oxygen atoms in total. The average Bonchev–Trinajstić information content (AvgIpc) is 3.36. The summed E-state index contributed by atoms with van der Waals surface area (Å²) < 4.78 is 5.80. The minimum absolute atomic E-state index is 0.0347. The van der Waals surface area contributed by atoms with Crippen molar-refractivity contribution in [2.75, 3.05) is 47.8 Å². The van der Waals surface area contributed by atoms with Gasteiger partial charge in [0.2, 0.25) is 5.91 Å². The number of nitrogens with zero attached hydrogens (tertiary/aromatic N) is 4. The zero-order valence-corrected chi connectivity index (χ0v) is 20.7. The van der Waals surface area contributed by atoms with Crippen molar-refractivity contribution in [3.8, 4) is 5.75 Å². The molecular weight excluding hydrogens is 458 g/mol. The Hall–Kier alpha value is -3.18. The Morgan fingerprint density at radius 3 is 2.50 bits per heavy atom. The van der Waals surface area contributed by atoms with Gasteiger partial charge in [-0.3, -0.25) is 25.4 Å². The minimum Gasteiger partial charge on any atom is -0.410 e. The smallest absolute Gasteiger partial charge is 0.410 e. The van der Waals surface area contributed by atoms with Gasteiger partial charge >= 0.3 is 6.09 Å². The summed E-state index contributed by atoms with van der Waals surface area (Å²) in [7, 11) is 0. The van der Waals surface area contributed by atoms with Crippen LogP contribution in [0.1, 0.15) is 38.2 Å². The lowest BCUT2D eigenvalue weighted by molar-refractivity contribution is -0.117. The molecule has 2 aromatic rings. The number of nitrogens with one attached hydrogen (secondary N) is 3. The van der Waals surface area contributed by atoms with Crippen LogP contribution in [-0.2, 0) is 4.79 Å². The summed E-state index contributed by atoms with van der Waals surface area (Å²) in [6, 6.07) is 14.1. The number of anilines is 3. The van der Waals surface area contributed by atoms with Gasteiger partial charge in [-0.1, -0.05) is 6.07 Å². The van der Waals surface area contributed by atoms with Crippen LogP contribution in [0.5, 0.6) is 5.75 Å². The Bertz CT molecular complexity index is 1150. The van der Waals surface area contributed by atoms with Crippen molar-refractivity contribution < 1.29 is 14.3 Å². The third kappa shape index (κ3) is 4.41. The molecule has 2 aromatic carbocycles. The second kappa shape index (κ2) is 9.36. The Kier molecular flexibility index (Phi) is 6.04. The fourth-order valence-electron chi connectivity index (χ4n) is 5.44. The number of amides is 2. The topological polar surface area (TPSA) is 92.4 Å². The zero-order chi connectivity index (χ0) is 24.8. The quantitative estimate of drug-likeness (QED) is 0.600.